The summed E-state index contributed by atoms with van der Waals surface area (Å²) >= 11 is 0. The Hall–Kier alpha value is -1.49. The minimum absolute atomic E-state index is 0.0995. The Morgan fingerprint density at radius 1 is 1.50 bits per heavy atom. The van der Waals surface area contributed by atoms with Gasteiger partial charge >= 0.3 is 0 Å². The summed E-state index contributed by atoms with van der Waals surface area (Å²) in [5.74, 6) is 0.473. The monoisotopic (exact) mass is 192 g/mol. The molecule has 1 aromatic heterocycles. The Balaban J connectivity index is 1.83. The lowest BCUT2D eigenvalue weighted by molar-refractivity contribution is 0.0941. The van der Waals surface area contributed by atoms with Crippen molar-refractivity contribution < 1.29 is 4.79 Å². The molecular weight excluding hydrogens is 180 g/mol. The van der Waals surface area contributed by atoms with E-state index in [0.29, 0.717) is 11.5 Å². The largest absolute Gasteiger partial charge is 0.352 e. The Kier molecular flexibility index (Phi) is 2.69. The van der Waals surface area contributed by atoms with Crippen LogP contribution in [0.2, 0.25) is 0 Å². The van der Waals surface area contributed by atoms with E-state index in [4.69, 9.17) is 0 Å². The van der Waals surface area contributed by atoms with Gasteiger partial charge in [0.15, 0.2) is 0 Å². The summed E-state index contributed by atoms with van der Waals surface area (Å²) in [5.41, 5.74) is 0.514. The van der Waals surface area contributed by atoms with Crippen LogP contribution in [0.1, 0.15) is 10.4 Å². The van der Waals surface area contributed by atoms with E-state index in [1.54, 1.807) is 0 Å². The van der Waals surface area contributed by atoms with Crippen LogP contribution in [0.4, 0.5) is 0 Å². The Labute approximate surface area is 82.0 Å². The third-order valence-corrected chi connectivity index (χ3v) is 2.24. The van der Waals surface area contributed by atoms with E-state index < -0.39 is 0 Å². The molecule has 0 atom stereocenters. The summed E-state index contributed by atoms with van der Waals surface area (Å²) in [6, 6.07) is 0. The SMILES string of the molecule is O=C(NCC1CNC1)c1cncnc1. The van der Waals surface area contributed by atoms with E-state index in [1.165, 1.54) is 18.7 Å². The number of hydrogen-bond donors (Lipinski definition) is 2. The molecule has 5 heteroatoms. The van der Waals surface area contributed by atoms with Crippen LogP contribution in [0.25, 0.3) is 0 Å². The number of nitrogens with one attached hydrogen (secondary N) is 2. The topological polar surface area (TPSA) is 66.9 Å². The fraction of sp³-hybridized carbons (Fsp3) is 0.444. The zero-order valence-corrected chi connectivity index (χ0v) is 7.73. The molecule has 1 fully saturated rings. The second-order valence-corrected chi connectivity index (χ2v) is 3.36. The summed E-state index contributed by atoms with van der Waals surface area (Å²) in [5, 5.41) is 5.99. The van der Waals surface area contributed by atoms with Gasteiger partial charge in [0, 0.05) is 37.9 Å². The molecule has 5 nitrogen and oxygen atoms in total. The molecule has 2 heterocycles. The van der Waals surface area contributed by atoms with Gasteiger partial charge in [-0.25, -0.2) is 9.97 Å². The van der Waals surface area contributed by atoms with Gasteiger partial charge in [0.1, 0.15) is 6.33 Å². The van der Waals surface area contributed by atoms with E-state index in [1.807, 2.05) is 0 Å². The minimum atomic E-state index is -0.0995. The molecule has 0 spiro atoms. The van der Waals surface area contributed by atoms with Crippen LogP contribution in [0.5, 0.6) is 0 Å². The first-order chi connectivity index (χ1) is 6.86. The van der Waals surface area contributed by atoms with Gasteiger partial charge in [0.05, 0.1) is 5.56 Å². The molecule has 0 bridgehead atoms. The summed E-state index contributed by atoms with van der Waals surface area (Å²) in [4.78, 5) is 19.0. The van der Waals surface area contributed by atoms with Crippen LogP contribution in [0, 0.1) is 5.92 Å². The van der Waals surface area contributed by atoms with Crippen molar-refractivity contribution in [1.82, 2.24) is 20.6 Å². The molecule has 0 aliphatic carbocycles. The van der Waals surface area contributed by atoms with E-state index in [9.17, 15) is 4.79 Å². The Morgan fingerprint density at radius 3 is 2.79 bits per heavy atom. The van der Waals surface area contributed by atoms with Gasteiger partial charge < -0.3 is 10.6 Å². The molecule has 1 aliphatic heterocycles. The van der Waals surface area contributed by atoms with Crippen molar-refractivity contribution >= 4 is 5.91 Å². The average molecular weight is 192 g/mol. The molecule has 14 heavy (non-hydrogen) atoms. The van der Waals surface area contributed by atoms with Crippen LogP contribution < -0.4 is 10.6 Å². The maximum absolute atomic E-state index is 11.5. The smallest absolute Gasteiger partial charge is 0.254 e. The highest BCUT2D eigenvalue weighted by Crippen LogP contribution is 2.00. The number of amides is 1. The molecular formula is C9H12N4O. The second-order valence-electron chi connectivity index (χ2n) is 3.36. The number of aromatic nitrogens is 2. The first-order valence-corrected chi connectivity index (χ1v) is 4.60. The van der Waals surface area contributed by atoms with Gasteiger partial charge in [-0.2, -0.15) is 0 Å². The van der Waals surface area contributed by atoms with Crippen LogP contribution in [-0.4, -0.2) is 35.5 Å². The molecule has 74 valence electrons. The molecule has 1 aliphatic rings. The van der Waals surface area contributed by atoms with Gasteiger partial charge in [-0.15, -0.1) is 0 Å². The minimum Gasteiger partial charge on any atom is -0.352 e. The van der Waals surface area contributed by atoms with Crippen molar-refractivity contribution in [3.8, 4) is 0 Å². The van der Waals surface area contributed by atoms with Crippen molar-refractivity contribution in [2.24, 2.45) is 5.92 Å². The first kappa shape index (κ1) is 9.08. The van der Waals surface area contributed by atoms with Crippen molar-refractivity contribution in [1.29, 1.82) is 0 Å². The first-order valence-electron chi connectivity index (χ1n) is 4.60. The lowest BCUT2D eigenvalue weighted by Gasteiger charge is -2.26. The van der Waals surface area contributed by atoms with E-state index in [-0.39, 0.29) is 5.91 Å². The lowest BCUT2D eigenvalue weighted by Crippen LogP contribution is -2.48. The normalized spacial score (nSPS) is 16.0. The average Bonchev–Trinajstić information content (AvgIpc) is 2.16. The standard InChI is InChI=1S/C9H12N4O/c14-9(8-4-11-6-12-5-8)13-3-7-1-10-2-7/h4-7,10H,1-3H2,(H,13,14). The zero-order valence-electron chi connectivity index (χ0n) is 7.73. The number of hydrogen-bond acceptors (Lipinski definition) is 4. The lowest BCUT2D eigenvalue weighted by atomic mass is 10.0. The van der Waals surface area contributed by atoms with Gasteiger partial charge in [-0.3, -0.25) is 4.79 Å². The summed E-state index contributed by atoms with van der Waals surface area (Å²) in [7, 11) is 0. The zero-order chi connectivity index (χ0) is 9.80. The Bertz CT molecular complexity index is 310. The predicted octanol–water partition coefficient (Wildman–Crippen LogP) is -0.574. The van der Waals surface area contributed by atoms with Crippen LogP contribution >= 0.6 is 0 Å². The van der Waals surface area contributed by atoms with Gasteiger partial charge in [0.25, 0.3) is 5.91 Å². The summed E-state index contributed by atoms with van der Waals surface area (Å²) in [6.45, 7) is 2.71. The van der Waals surface area contributed by atoms with Crippen LogP contribution in [0.3, 0.4) is 0 Å². The van der Waals surface area contributed by atoms with Crippen LogP contribution in [-0.2, 0) is 0 Å². The quantitative estimate of drug-likeness (QED) is 0.672. The molecule has 2 rings (SSSR count). The van der Waals surface area contributed by atoms with E-state index >= 15 is 0 Å². The van der Waals surface area contributed by atoms with Crippen molar-refractivity contribution in [2.75, 3.05) is 19.6 Å². The van der Waals surface area contributed by atoms with Crippen LogP contribution in [0.15, 0.2) is 18.7 Å². The molecule has 0 aromatic carbocycles. The summed E-state index contributed by atoms with van der Waals surface area (Å²) < 4.78 is 0. The molecule has 0 unspecified atom stereocenters. The highest BCUT2D eigenvalue weighted by Gasteiger charge is 2.17. The maximum Gasteiger partial charge on any atom is 0.254 e. The highest BCUT2D eigenvalue weighted by molar-refractivity contribution is 5.93. The molecule has 2 N–H and O–H groups in total. The van der Waals surface area contributed by atoms with Gasteiger partial charge in [-0.05, 0) is 0 Å². The maximum atomic E-state index is 11.5. The number of carbonyl (C=O) groups excluding carboxylic acids is 1. The summed E-state index contributed by atoms with van der Waals surface area (Å²) in [6.07, 6.45) is 4.44. The van der Waals surface area contributed by atoms with E-state index in [2.05, 4.69) is 20.6 Å². The molecule has 1 saturated heterocycles. The second kappa shape index (κ2) is 4.15. The molecule has 1 aromatic rings. The molecule has 0 radical (unpaired) electrons. The Morgan fingerprint density at radius 2 is 2.21 bits per heavy atom. The predicted molar refractivity (Wildman–Crippen MR) is 50.7 cm³/mol. The third-order valence-electron chi connectivity index (χ3n) is 2.24. The highest BCUT2D eigenvalue weighted by atomic mass is 16.1. The molecule has 0 saturated carbocycles. The number of rotatable bonds is 3. The fourth-order valence-corrected chi connectivity index (χ4v) is 1.25. The fourth-order valence-electron chi connectivity index (χ4n) is 1.25. The van der Waals surface area contributed by atoms with E-state index in [0.717, 1.165) is 19.6 Å². The van der Waals surface area contributed by atoms with Crippen molar-refractivity contribution in [2.45, 2.75) is 0 Å². The number of nitrogens with zero attached hydrogens (tertiary/aromatic N) is 2. The van der Waals surface area contributed by atoms with Crippen molar-refractivity contribution in [3.05, 3.63) is 24.3 Å². The van der Waals surface area contributed by atoms with Gasteiger partial charge in [0.2, 0.25) is 0 Å². The third kappa shape index (κ3) is 2.05. The van der Waals surface area contributed by atoms with Gasteiger partial charge in [-0.1, -0.05) is 0 Å². The number of carbonyl (C=O) groups is 1. The molecule has 1 amide bonds. The van der Waals surface area contributed by atoms with Crippen molar-refractivity contribution in [3.63, 3.8) is 0 Å².